The van der Waals surface area contributed by atoms with Crippen molar-refractivity contribution in [2.45, 2.75) is 233 Å². The second-order valence-electron chi connectivity index (χ2n) is 21.0. The average molecular weight is 1010 g/mol. The number of hydrogen-bond donors (Lipinski definition) is 0. The third-order valence-electron chi connectivity index (χ3n) is 14.3. The summed E-state index contributed by atoms with van der Waals surface area (Å²) in [4.78, 5) is 2.37. The second-order valence-corrected chi connectivity index (χ2v) is 21.0. The van der Waals surface area contributed by atoms with Crippen molar-refractivity contribution in [3.05, 3.63) is 89.5 Å². The second kappa shape index (κ2) is 48.5. The summed E-state index contributed by atoms with van der Waals surface area (Å²) >= 11 is 0. The van der Waals surface area contributed by atoms with Crippen LogP contribution in [-0.4, -0.2) is 84.0 Å². The van der Waals surface area contributed by atoms with Gasteiger partial charge >= 0.3 is 0 Å². The molecular weight excluding hydrogens is 903 g/mol. The van der Waals surface area contributed by atoms with Gasteiger partial charge in [0.2, 0.25) is 0 Å². The Hall–Kier alpha value is -3.10. The highest BCUT2D eigenvalue weighted by Gasteiger charge is 2.08. The molecule has 0 aliphatic heterocycles. The average Bonchev–Trinajstić information content (AvgIpc) is 3.41. The van der Waals surface area contributed by atoms with E-state index >= 15 is 0 Å². The van der Waals surface area contributed by atoms with E-state index in [9.17, 15) is 0 Å². The first-order valence-corrected chi connectivity index (χ1v) is 30.8. The molecule has 416 valence electrons. The molecule has 0 bridgehead atoms. The van der Waals surface area contributed by atoms with Crippen LogP contribution in [0.5, 0.6) is 17.2 Å². The molecule has 0 unspecified atom stereocenters. The van der Waals surface area contributed by atoms with Gasteiger partial charge in [-0.1, -0.05) is 231 Å². The lowest BCUT2D eigenvalue weighted by Crippen LogP contribution is -2.34. The first kappa shape index (κ1) is 64.2. The van der Waals surface area contributed by atoms with Gasteiger partial charge in [-0.3, -0.25) is 4.90 Å². The van der Waals surface area contributed by atoms with Gasteiger partial charge in [-0.15, -0.1) is 0 Å². The van der Waals surface area contributed by atoms with E-state index in [0.29, 0.717) is 59.5 Å². The summed E-state index contributed by atoms with van der Waals surface area (Å²) in [5, 5.41) is 0. The number of unbranched alkanes of at least 4 members (excludes halogenated alkanes) is 27. The number of ether oxygens (including phenoxy) is 6. The Morgan fingerprint density at radius 2 is 0.521 bits per heavy atom. The maximum Gasteiger partial charge on any atom is 0.119 e. The van der Waals surface area contributed by atoms with Gasteiger partial charge in [-0.2, -0.15) is 0 Å². The molecule has 0 saturated carbocycles. The highest BCUT2D eigenvalue weighted by molar-refractivity contribution is 5.30. The van der Waals surface area contributed by atoms with Crippen molar-refractivity contribution < 1.29 is 28.4 Å². The largest absolute Gasteiger partial charge is 0.491 e. The van der Waals surface area contributed by atoms with Crippen LogP contribution in [-0.2, 0) is 33.5 Å². The minimum absolute atomic E-state index is 0.540. The summed E-state index contributed by atoms with van der Waals surface area (Å²) in [5.74, 6) is 2.81. The maximum atomic E-state index is 6.12. The molecule has 3 aromatic carbocycles. The van der Waals surface area contributed by atoms with Crippen molar-refractivity contribution in [2.75, 3.05) is 79.1 Å². The van der Waals surface area contributed by atoms with Crippen LogP contribution in [0, 0.1) is 0 Å². The summed E-state index contributed by atoms with van der Waals surface area (Å²) in [5.41, 5.74) is 4.10. The van der Waals surface area contributed by atoms with Crippen LogP contribution in [0.3, 0.4) is 0 Å². The number of rotatable bonds is 54. The van der Waals surface area contributed by atoms with Crippen molar-refractivity contribution >= 4 is 0 Å². The minimum Gasteiger partial charge on any atom is -0.491 e. The zero-order valence-electron chi connectivity index (χ0n) is 47.6. The van der Waals surface area contributed by atoms with E-state index in [1.165, 1.54) is 209 Å². The smallest absolute Gasteiger partial charge is 0.119 e. The molecule has 0 aromatic heterocycles. The molecule has 0 aliphatic carbocycles. The van der Waals surface area contributed by atoms with Crippen LogP contribution in [0.25, 0.3) is 0 Å². The predicted molar refractivity (Wildman–Crippen MR) is 311 cm³/mol. The third kappa shape index (κ3) is 38.2. The van der Waals surface area contributed by atoms with Gasteiger partial charge in [-0.05, 0) is 91.6 Å². The van der Waals surface area contributed by atoms with Gasteiger partial charge in [0.25, 0.3) is 0 Å². The molecule has 0 radical (unpaired) electrons. The number of nitrogens with zero attached hydrogens (tertiary/aromatic N) is 1. The highest BCUT2D eigenvalue weighted by atomic mass is 16.5. The lowest BCUT2D eigenvalue weighted by atomic mass is 10.0. The van der Waals surface area contributed by atoms with Gasteiger partial charge in [0.1, 0.15) is 37.1 Å². The topological polar surface area (TPSA) is 58.6 Å². The first-order valence-electron chi connectivity index (χ1n) is 30.8. The van der Waals surface area contributed by atoms with Gasteiger partial charge in [0.05, 0.1) is 39.6 Å². The zero-order valence-corrected chi connectivity index (χ0v) is 47.6. The molecule has 3 aromatic rings. The van der Waals surface area contributed by atoms with Crippen molar-refractivity contribution in [3.63, 3.8) is 0 Å². The van der Waals surface area contributed by atoms with Crippen molar-refractivity contribution in [1.29, 1.82) is 0 Å². The van der Waals surface area contributed by atoms with Crippen molar-refractivity contribution in [2.24, 2.45) is 0 Å². The Morgan fingerprint density at radius 3 is 0.781 bits per heavy atom. The van der Waals surface area contributed by atoms with Crippen molar-refractivity contribution in [3.8, 4) is 17.2 Å². The van der Waals surface area contributed by atoms with E-state index in [1.807, 2.05) is 0 Å². The molecule has 0 amide bonds. The Labute approximate surface area is 450 Å². The molecule has 7 nitrogen and oxygen atoms in total. The number of hydrogen-bond acceptors (Lipinski definition) is 7. The molecule has 7 heteroatoms. The van der Waals surface area contributed by atoms with E-state index in [-0.39, 0.29) is 0 Å². The summed E-state index contributed by atoms with van der Waals surface area (Å²) < 4.78 is 36.7. The quantitative estimate of drug-likeness (QED) is 0.0522. The normalized spacial score (nSPS) is 11.5. The summed E-state index contributed by atoms with van der Waals surface area (Å²) in [6.45, 7) is 14.4. The first-order chi connectivity index (χ1) is 36.2. The maximum absolute atomic E-state index is 6.12. The van der Waals surface area contributed by atoms with E-state index in [4.69, 9.17) is 28.4 Å². The van der Waals surface area contributed by atoms with Crippen LogP contribution >= 0.6 is 0 Å². The predicted octanol–water partition coefficient (Wildman–Crippen LogP) is 18.0. The van der Waals surface area contributed by atoms with E-state index in [1.54, 1.807) is 0 Å². The van der Waals surface area contributed by atoms with E-state index < -0.39 is 0 Å². The van der Waals surface area contributed by atoms with Crippen LogP contribution in [0.4, 0.5) is 0 Å². The highest BCUT2D eigenvalue weighted by Crippen LogP contribution is 2.20. The molecule has 0 atom stereocenters. The van der Waals surface area contributed by atoms with Crippen LogP contribution < -0.4 is 14.2 Å². The van der Waals surface area contributed by atoms with Gasteiger partial charge in [-0.25, -0.2) is 0 Å². The fourth-order valence-electron chi connectivity index (χ4n) is 9.70. The fourth-order valence-corrected chi connectivity index (χ4v) is 9.70. The van der Waals surface area contributed by atoms with Crippen LogP contribution in [0.15, 0.2) is 72.8 Å². The monoisotopic (exact) mass is 1010 g/mol. The summed E-state index contributed by atoms with van der Waals surface area (Å²) in [6.07, 6.45) is 44.3. The summed E-state index contributed by atoms with van der Waals surface area (Å²) in [7, 11) is 0. The zero-order chi connectivity index (χ0) is 51.6. The molecule has 0 spiro atoms. The molecule has 0 saturated heterocycles. The Balaban J connectivity index is 1.32. The van der Waals surface area contributed by atoms with Gasteiger partial charge in [0.15, 0.2) is 0 Å². The van der Waals surface area contributed by atoms with Gasteiger partial charge < -0.3 is 28.4 Å². The van der Waals surface area contributed by atoms with Crippen LogP contribution in [0.1, 0.15) is 230 Å². The van der Waals surface area contributed by atoms with E-state index in [2.05, 4.69) is 98.5 Å². The molecule has 0 aliphatic rings. The third-order valence-corrected chi connectivity index (χ3v) is 14.3. The number of benzene rings is 3. The van der Waals surface area contributed by atoms with Gasteiger partial charge in [0, 0.05) is 19.6 Å². The SMILES string of the molecule is CCCCCCCCCCCCc1cccc(OCCOCCN(CCOCCOc2cccc(CCCCCCCCCCCC)c2)CCOCCOc2cccc(CCCCCCCCCCCC)c2)c1. The Morgan fingerprint density at radius 1 is 0.274 bits per heavy atom. The molecule has 0 fully saturated rings. The fraction of sp³-hybridized carbons (Fsp3) is 0.727. The number of aryl methyl sites for hydroxylation is 3. The molecule has 0 N–H and O–H groups in total. The lowest BCUT2D eigenvalue weighted by Gasteiger charge is -2.22. The lowest BCUT2D eigenvalue weighted by molar-refractivity contribution is 0.0367. The Kier molecular flexibility index (Phi) is 42.7. The summed E-state index contributed by atoms with van der Waals surface area (Å²) in [6, 6.07) is 25.9. The van der Waals surface area contributed by atoms with Crippen LogP contribution in [0.2, 0.25) is 0 Å². The Bertz CT molecular complexity index is 1450. The standard InChI is InChI=1S/C66H111NO6/c1-4-7-10-13-16-19-22-25-28-31-37-61-40-34-43-64(58-61)71-55-52-68-49-46-67(47-50-69-53-56-72-65-44-35-41-62(59-65)38-32-29-26-23-20-17-14-11-8-5-2)48-51-70-54-57-73-66-45-36-42-63(60-66)39-33-30-27-24-21-18-15-12-9-6-3/h34-36,40-45,58-60H,4-33,37-39,46-57H2,1-3H3. The molecule has 3 rings (SSSR count). The molecule has 73 heavy (non-hydrogen) atoms. The minimum atomic E-state index is 0.540. The molecule has 0 heterocycles. The van der Waals surface area contributed by atoms with E-state index in [0.717, 1.165) is 56.1 Å². The van der Waals surface area contributed by atoms with Crippen molar-refractivity contribution in [1.82, 2.24) is 4.90 Å². The molecular formula is C66H111NO6.